The molecule has 0 amide bonds. The molecule has 3 rings (SSSR count). The fourth-order valence-electron chi connectivity index (χ4n) is 2.82. The minimum Gasteiger partial charge on any atom is -0.454 e. The van der Waals surface area contributed by atoms with Gasteiger partial charge in [0.2, 0.25) is 6.79 Å². The molecule has 4 nitrogen and oxygen atoms in total. The van der Waals surface area contributed by atoms with E-state index in [9.17, 15) is 5.11 Å². The number of fused-ring (bicyclic) bond motifs is 1. The Morgan fingerprint density at radius 2 is 2.11 bits per heavy atom. The number of halogens is 1. The van der Waals surface area contributed by atoms with Gasteiger partial charge in [-0.2, -0.15) is 0 Å². The summed E-state index contributed by atoms with van der Waals surface area (Å²) in [5.41, 5.74) is 0.948. The van der Waals surface area contributed by atoms with Crippen molar-refractivity contribution in [1.29, 1.82) is 0 Å². The van der Waals surface area contributed by atoms with Gasteiger partial charge in [-0.1, -0.05) is 24.4 Å². The van der Waals surface area contributed by atoms with E-state index in [1.165, 1.54) is 25.7 Å². The lowest BCUT2D eigenvalue weighted by molar-refractivity contribution is 0.174. The number of rotatable bonds is 4. The van der Waals surface area contributed by atoms with Crippen molar-refractivity contribution in [3.05, 3.63) is 22.7 Å². The fraction of sp³-hybridized carbons (Fsp3) is 0.571. The normalized spacial score (nSPS) is 19.9. The minimum absolute atomic E-state index is 0.0481. The third kappa shape index (κ3) is 2.66. The van der Waals surface area contributed by atoms with Crippen LogP contribution >= 0.6 is 11.6 Å². The lowest BCUT2D eigenvalue weighted by Crippen LogP contribution is -2.32. The molecule has 1 aliphatic carbocycles. The maximum atomic E-state index is 9.60. The summed E-state index contributed by atoms with van der Waals surface area (Å²) in [5, 5.41) is 13.6. The number of aliphatic hydroxyl groups is 1. The molecule has 1 unspecified atom stereocenters. The molecule has 0 radical (unpaired) electrons. The summed E-state index contributed by atoms with van der Waals surface area (Å²) in [5.74, 6) is 1.26. The smallest absolute Gasteiger partial charge is 0.231 e. The van der Waals surface area contributed by atoms with E-state index in [4.69, 9.17) is 21.1 Å². The highest BCUT2D eigenvalue weighted by molar-refractivity contribution is 6.32. The van der Waals surface area contributed by atoms with Crippen LogP contribution in [0.5, 0.6) is 11.5 Å². The highest BCUT2D eigenvalue weighted by Crippen LogP contribution is 2.41. The standard InChI is InChI=1S/C14H18ClNO3/c15-11-5-9(6-13-14(11)19-8-18-13)12(7-17)16-10-3-1-2-4-10/h5-6,10,12,16-17H,1-4,7-8H2. The van der Waals surface area contributed by atoms with Crippen LogP contribution in [-0.2, 0) is 0 Å². The third-order valence-electron chi connectivity index (χ3n) is 3.83. The molecule has 104 valence electrons. The van der Waals surface area contributed by atoms with Crippen LogP contribution in [-0.4, -0.2) is 24.5 Å². The monoisotopic (exact) mass is 283 g/mol. The molecule has 1 heterocycles. The van der Waals surface area contributed by atoms with Gasteiger partial charge in [0.1, 0.15) is 0 Å². The second-order valence-electron chi connectivity index (χ2n) is 5.12. The van der Waals surface area contributed by atoms with Crippen LogP contribution in [0, 0.1) is 0 Å². The topological polar surface area (TPSA) is 50.7 Å². The summed E-state index contributed by atoms with van der Waals surface area (Å²) < 4.78 is 10.7. The summed E-state index contributed by atoms with van der Waals surface area (Å²) in [6, 6.07) is 4.13. The van der Waals surface area contributed by atoms with Crippen LogP contribution in [0.1, 0.15) is 37.3 Å². The van der Waals surface area contributed by atoms with Crippen molar-refractivity contribution < 1.29 is 14.6 Å². The Morgan fingerprint density at radius 1 is 1.32 bits per heavy atom. The van der Waals surface area contributed by atoms with Gasteiger partial charge in [0.15, 0.2) is 11.5 Å². The van der Waals surface area contributed by atoms with Crippen molar-refractivity contribution in [2.45, 2.75) is 37.8 Å². The van der Waals surface area contributed by atoms with Gasteiger partial charge in [0, 0.05) is 6.04 Å². The maximum Gasteiger partial charge on any atom is 0.231 e. The summed E-state index contributed by atoms with van der Waals surface area (Å²) in [4.78, 5) is 0. The van der Waals surface area contributed by atoms with Crippen molar-refractivity contribution in [1.82, 2.24) is 5.32 Å². The average molecular weight is 284 g/mol. The molecule has 0 bridgehead atoms. The van der Waals surface area contributed by atoms with Gasteiger partial charge in [-0.05, 0) is 30.5 Å². The van der Waals surface area contributed by atoms with Gasteiger partial charge in [-0.15, -0.1) is 0 Å². The Balaban J connectivity index is 1.80. The van der Waals surface area contributed by atoms with Gasteiger partial charge in [0.25, 0.3) is 0 Å². The average Bonchev–Trinajstić information content (AvgIpc) is 3.06. The Hall–Kier alpha value is -0.970. The van der Waals surface area contributed by atoms with Crippen LogP contribution in [0.3, 0.4) is 0 Å². The zero-order valence-corrected chi connectivity index (χ0v) is 11.4. The van der Waals surface area contributed by atoms with Crippen LogP contribution in [0.15, 0.2) is 12.1 Å². The van der Waals surface area contributed by atoms with Gasteiger partial charge in [-0.25, -0.2) is 0 Å². The lowest BCUT2D eigenvalue weighted by Gasteiger charge is -2.22. The van der Waals surface area contributed by atoms with Crippen molar-refractivity contribution in [3.8, 4) is 11.5 Å². The second kappa shape index (κ2) is 5.57. The molecule has 2 aliphatic rings. The van der Waals surface area contributed by atoms with E-state index in [-0.39, 0.29) is 19.4 Å². The molecule has 2 N–H and O–H groups in total. The number of aliphatic hydroxyl groups excluding tert-OH is 1. The first-order valence-electron chi connectivity index (χ1n) is 6.74. The van der Waals surface area contributed by atoms with E-state index in [1.807, 2.05) is 12.1 Å². The highest BCUT2D eigenvalue weighted by Gasteiger charge is 2.24. The quantitative estimate of drug-likeness (QED) is 0.892. The van der Waals surface area contributed by atoms with E-state index in [1.54, 1.807) is 0 Å². The van der Waals surface area contributed by atoms with Crippen molar-refractivity contribution in [2.75, 3.05) is 13.4 Å². The molecule has 0 saturated heterocycles. The van der Waals surface area contributed by atoms with E-state index in [0.29, 0.717) is 22.6 Å². The second-order valence-corrected chi connectivity index (χ2v) is 5.53. The predicted molar refractivity (Wildman–Crippen MR) is 72.8 cm³/mol. The third-order valence-corrected chi connectivity index (χ3v) is 4.11. The lowest BCUT2D eigenvalue weighted by atomic mass is 10.1. The first kappa shape index (κ1) is 13.0. The Kier molecular flexibility index (Phi) is 3.82. The molecule has 1 saturated carbocycles. The van der Waals surface area contributed by atoms with Crippen molar-refractivity contribution >= 4 is 11.6 Å². The molecule has 1 fully saturated rings. The summed E-state index contributed by atoms with van der Waals surface area (Å²) in [6.45, 7) is 0.255. The molecule has 19 heavy (non-hydrogen) atoms. The SMILES string of the molecule is OCC(NC1CCCC1)c1cc(Cl)c2c(c1)OCO2. The molecule has 1 aromatic carbocycles. The number of ether oxygens (including phenoxy) is 2. The van der Waals surface area contributed by atoms with E-state index >= 15 is 0 Å². The van der Waals surface area contributed by atoms with Crippen molar-refractivity contribution in [2.24, 2.45) is 0 Å². The van der Waals surface area contributed by atoms with Crippen LogP contribution < -0.4 is 14.8 Å². The molecular formula is C14H18ClNO3. The molecule has 0 spiro atoms. The molecular weight excluding hydrogens is 266 g/mol. The molecule has 1 aromatic rings. The number of nitrogens with one attached hydrogen (secondary N) is 1. The van der Waals surface area contributed by atoms with Gasteiger partial charge in [-0.3, -0.25) is 0 Å². The van der Waals surface area contributed by atoms with Gasteiger partial charge in [0.05, 0.1) is 17.7 Å². The summed E-state index contributed by atoms with van der Waals surface area (Å²) in [7, 11) is 0. The summed E-state index contributed by atoms with van der Waals surface area (Å²) in [6.07, 6.45) is 4.87. The van der Waals surface area contributed by atoms with Crippen LogP contribution in [0.2, 0.25) is 5.02 Å². The van der Waals surface area contributed by atoms with Crippen LogP contribution in [0.4, 0.5) is 0 Å². The molecule has 1 atom stereocenters. The molecule has 0 aromatic heterocycles. The van der Waals surface area contributed by atoms with Crippen LogP contribution in [0.25, 0.3) is 0 Å². The van der Waals surface area contributed by atoms with E-state index in [0.717, 1.165) is 5.56 Å². The Bertz CT molecular complexity index is 460. The van der Waals surface area contributed by atoms with E-state index < -0.39 is 0 Å². The predicted octanol–water partition coefficient (Wildman–Crippen LogP) is 2.63. The summed E-state index contributed by atoms with van der Waals surface area (Å²) >= 11 is 6.18. The fourth-order valence-corrected chi connectivity index (χ4v) is 3.09. The number of hydrogen-bond donors (Lipinski definition) is 2. The highest BCUT2D eigenvalue weighted by atomic mass is 35.5. The largest absolute Gasteiger partial charge is 0.454 e. The molecule has 1 aliphatic heterocycles. The van der Waals surface area contributed by atoms with Gasteiger partial charge >= 0.3 is 0 Å². The first-order valence-corrected chi connectivity index (χ1v) is 7.11. The zero-order valence-electron chi connectivity index (χ0n) is 10.7. The minimum atomic E-state index is -0.102. The Labute approximate surface area is 117 Å². The number of benzene rings is 1. The van der Waals surface area contributed by atoms with Crippen molar-refractivity contribution in [3.63, 3.8) is 0 Å². The first-order chi connectivity index (χ1) is 9.28. The maximum absolute atomic E-state index is 9.60. The van der Waals surface area contributed by atoms with E-state index in [2.05, 4.69) is 5.32 Å². The Morgan fingerprint density at radius 3 is 2.84 bits per heavy atom. The zero-order chi connectivity index (χ0) is 13.2. The molecule has 5 heteroatoms. The number of hydrogen-bond acceptors (Lipinski definition) is 4. The van der Waals surface area contributed by atoms with Gasteiger partial charge < -0.3 is 19.9 Å².